The van der Waals surface area contributed by atoms with Crippen LogP contribution in [0.2, 0.25) is 0 Å². The fourth-order valence-electron chi connectivity index (χ4n) is 4.87. The van der Waals surface area contributed by atoms with Crippen LogP contribution in [0.1, 0.15) is 24.3 Å². The molecule has 2 aromatic carbocycles. The lowest BCUT2D eigenvalue weighted by Crippen LogP contribution is -2.41. The van der Waals surface area contributed by atoms with Crippen LogP contribution in [0.25, 0.3) is 11.4 Å². The van der Waals surface area contributed by atoms with Crippen LogP contribution in [-0.2, 0) is 26.1 Å². The molecule has 2 aliphatic rings. The van der Waals surface area contributed by atoms with Gasteiger partial charge in [0.2, 0.25) is 27.6 Å². The van der Waals surface area contributed by atoms with Gasteiger partial charge in [0.25, 0.3) is 0 Å². The van der Waals surface area contributed by atoms with Gasteiger partial charge in [0, 0.05) is 30.9 Å². The SMILES string of the molecule is COc1ccc(NC(=O)C2CCCN(Cc3nc(-c4ccc(C)cc4)no3)C2)cc1S(=O)(=O)N1CCOCC1. The summed E-state index contributed by atoms with van der Waals surface area (Å²) in [5, 5.41) is 7.02. The molecule has 0 saturated carbocycles. The number of morpholine rings is 1. The van der Waals surface area contributed by atoms with Crippen LogP contribution in [-0.4, -0.2) is 80.2 Å². The first-order valence-electron chi connectivity index (χ1n) is 13.0. The van der Waals surface area contributed by atoms with Gasteiger partial charge in [-0.3, -0.25) is 9.69 Å². The Kier molecular flexibility index (Phi) is 8.26. The van der Waals surface area contributed by atoms with Crippen molar-refractivity contribution >= 4 is 21.6 Å². The largest absolute Gasteiger partial charge is 0.495 e. The third-order valence-corrected chi connectivity index (χ3v) is 8.95. The Balaban J connectivity index is 1.24. The Morgan fingerprint density at radius 2 is 1.90 bits per heavy atom. The molecule has 1 aromatic heterocycles. The predicted octanol–water partition coefficient (Wildman–Crippen LogP) is 2.93. The highest BCUT2D eigenvalue weighted by Gasteiger charge is 2.31. The molecule has 1 N–H and O–H groups in total. The van der Waals surface area contributed by atoms with E-state index in [1.54, 1.807) is 12.1 Å². The number of nitrogens with one attached hydrogen (secondary N) is 1. The van der Waals surface area contributed by atoms with Gasteiger partial charge >= 0.3 is 0 Å². The van der Waals surface area contributed by atoms with Gasteiger partial charge in [0.15, 0.2) is 0 Å². The average molecular weight is 556 g/mol. The molecule has 208 valence electrons. The molecule has 2 aliphatic heterocycles. The predicted molar refractivity (Wildman–Crippen MR) is 144 cm³/mol. The number of hydrogen-bond acceptors (Lipinski definition) is 9. The molecule has 1 unspecified atom stereocenters. The first-order valence-corrected chi connectivity index (χ1v) is 14.5. The number of rotatable bonds is 8. The van der Waals surface area contributed by atoms with E-state index in [0.29, 0.717) is 43.7 Å². The fourth-order valence-corrected chi connectivity index (χ4v) is 6.46. The Bertz CT molecular complexity index is 1400. The molecule has 11 nitrogen and oxygen atoms in total. The fraction of sp³-hybridized carbons (Fsp3) is 0.444. The van der Waals surface area contributed by atoms with Crippen molar-refractivity contribution in [2.24, 2.45) is 5.92 Å². The smallest absolute Gasteiger partial charge is 0.246 e. The number of methoxy groups -OCH3 is 1. The molecule has 1 atom stereocenters. The minimum Gasteiger partial charge on any atom is -0.495 e. The highest BCUT2D eigenvalue weighted by Crippen LogP contribution is 2.31. The van der Waals surface area contributed by atoms with Gasteiger partial charge in [0.05, 0.1) is 32.8 Å². The van der Waals surface area contributed by atoms with Crippen molar-refractivity contribution in [1.29, 1.82) is 0 Å². The second-order valence-electron chi connectivity index (χ2n) is 9.82. The summed E-state index contributed by atoms with van der Waals surface area (Å²) in [5.41, 5.74) is 2.45. The molecule has 39 heavy (non-hydrogen) atoms. The molecule has 5 rings (SSSR count). The van der Waals surface area contributed by atoms with E-state index in [0.717, 1.165) is 30.5 Å². The van der Waals surface area contributed by atoms with Gasteiger partial charge in [-0.1, -0.05) is 35.0 Å². The quantitative estimate of drug-likeness (QED) is 0.446. The van der Waals surface area contributed by atoms with E-state index in [9.17, 15) is 13.2 Å². The Morgan fingerprint density at radius 1 is 1.13 bits per heavy atom. The Hall–Kier alpha value is -3.32. The molecule has 0 spiro atoms. The normalized spacial score (nSPS) is 19.1. The summed E-state index contributed by atoms with van der Waals surface area (Å²) < 4.78 is 44.0. The van der Waals surface area contributed by atoms with Gasteiger partial charge in [-0.25, -0.2) is 8.42 Å². The summed E-state index contributed by atoms with van der Waals surface area (Å²) in [4.78, 5) is 19.9. The van der Waals surface area contributed by atoms with E-state index >= 15 is 0 Å². The summed E-state index contributed by atoms with van der Waals surface area (Å²) in [6, 6.07) is 12.6. The van der Waals surface area contributed by atoms with Crippen LogP contribution in [0.5, 0.6) is 5.75 Å². The van der Waals surface area contributed by atoms with Crippen LogP contribution in [0, 0.1) is 12.8 Å². The number of aryl methyl sites for hydroxylation is 1. The second-order valence-corrected chi connectivity index (χ2v) is 11.7. The topological polar surface area (TPSA) is 127 Å². The number of amides is 1. The van der Waals surface area contributed by atoms with Crippen molar-refractivity contribution in [3.8, 4) is 17.1 Å². The maximum atomic E-state index is 13.3. The van der Waals surface area contributed by atoms with E-state index in [-0.39, 0.29) is 35.6 Å². The summed E-state index contributed by atoms with van der Waals surface area (Å²) in [6.45, 7) is 5.04. The maximum absolute atomic E-state index is 13.3. The third-order valence-electron chi connectivity index (χ3n) is 7.03. The molecular formula is C27H33N5O6S. The number of carbonyl (C=O) groups excluding carboxylic acids is 1. The molecule has 3 aromatic rings. The Morgan fingerprint density at radius 3 is 2.64 bits per heavy atom. The number of aromatic nitrogens is 2. The number of carbonyl (C=O) groups is 1. The van der Waals surface area contributed by atoms with Crippen LogP contribution in [0.15, 0.2) is 51.9 Å². The first-order chi connectivity index (χ1) is 18.8. The number of likely N-dealkylation sites (tertiary alicyclic amines) is 1. The molecule has 0 aliphatic carbocycles. The summed E-state index contributed by atoms with van der Waals surface area (Å²) >= 11 is 0. The molecule has 2 saturated heterocycles. The van der Waals surface area contributed by atoms with E-state index < -0.39 is 10.0 Å². The van der Waals surface area contributed by atoms with Crippen molar-refractivity contribution in [1.82, 2.24) is 19.3 Å². The number of nitrogens with zero attached hydrogens (tertiary/aromatic N) is 4. The van der Waals surface area contributed by atoms with E-state index in [1.807, 2.05) is 31.2 Å². The molecule has 2 fully saturated rings. The summed E-state index contributed by atoms with van der Waals surface area (Å²) in [6.07, 6.45) is 1.58. The number of piperidine rings is 1. The highest BCUT2D eigenvalue weighted by atomic mass is 32.2. The minimum atomic E-state index is -3.81. The first kappa shape index (κ1) is 27.3. The maximum Gasteiger partial charge on any atom is 0.246 e. The standard InChI is InChI=1S/C27H33N5O6S/c1-19-5-7-20(8-6-19)26-29-25(38-30-26)18-31-11-3-4-21(17-31)27(33)28-22-9-10-23(36-2)24(16-22)39(34,35)32-12-14-37-15-13-32/h5-10,16,21H,3-4,11-15,17-18H2,1-2H3,(H,28,33). The van der Waals surface area contributed by atoms with Crippen molar-refractivity contribution in [2.75, 3.05) is 51.8 Å². The summed E-state index contributed by atoms with van der Waals surface area (Å²) in [7, 11) is -2.38. The van der Waals surface area contributed by atoms with Gasteiger partial charge in [-0.15, -0.1) is 0 Å². The van der Waals surface area contributed by atoms with Gasteiger partial charge in [0.1, 0.15) is 10.6 Å². The van der Waals surface area contributed by atoms with E-state index in [2.05, 4.69) is 20.4 Å². The zero-order valence-electron chi connectivity index (χ0n) is 22.1. The monoisotopic (exact) mass is 555 g/mol. The average Bonchev–Trinajstić information content (AvgIpc) is 3.42. The van der Waals surface area contributed by atoms with E-state index in [1.165, 1.54) is 17.5 Å². The lowest BCUT2D eigenvalue weighted by atomic mass is 9.97. The molecule has 3 heterocycles. The van der Waals surface area contributed by atoms with Gasteiger partial charge in [-0.05, 0) is 44.5 Å². The number of anilines is 1. The number of hydrogen-bond donors (Lipinski definition) is 1. The van der Waals surface area contributed by atoms with Crippen molar-refractivity contribution < 1.29 is 27.2 Å². The molecule has 0 radical (unpaired) electrons. The molecule has 0 bridgehead atoms. The minimum absolute atomic E-state index is 0.0238. The highest BCUT2D eigenvalue weighted by molar-refractivity contribution is 7.89. The van der Waals surface area contributed by atoms with Crippen molar-refractivity contribution in [2.45, 2.75) is 31.2 Å². The van der Waals surface area contributed by atoms with E-state index in [4.69, 9.17) is 14.0 Å². The zero-order valence-corrected chi connectivity index (χ0v) is 22.9. The van der Waals surface area contributed by atoms with Crippen LogP contribution in [0.4, 0.5) is 5.69 Å². The number of ether oxygens (including phenoxy) is 2. The van der Waals surface area contributed by atoms with Gasteiger partial charge < -0.3 is 19.3 Å². The van der Waals surface area contributed by atoms with Crippen LogP contribution >= 0.6 is 0 Å². The zero-order chi connectivity index (χ0) is 27.4. The van der Waals surface area contributed by atoms with Crippen LogP contribution in [0.3, 0.4) is 0 Å². The number of benzene rings is 2. The van der Waals surface area contributed by atoms with Crippen molar-refractivity contribution in [3.05, 3.63) is 53.9 Å². The van der Waals surface area contributed by atoms with Crippen molar-refractivity contribution in [3.63, 3.8) is 0 Å². The molecular weight excluding hydrogens is 522 g/mol. The lowest BCUT2D eigenvalue weighted by molar-refractivity contribution is -0.121. The van der Waals surface area contributed by atoms with Gasteiger partial charge in [-0.2, -0.15) is 9.29 Å². The van der Waals surface area contributed by atoms with Crippen LogP contribution < -0.4 is 10.1 Å². The third kappa shape index (κ3) is 6.30. The lowest BCUT2D eigenvalue weighted by Gasteiger charge is -2.31. The summed E-state index contributed by atoms with van der Waals surface area (Å²) in [5.74, 6) is 0.844. The Labute approximate surface area is 228 Å². The molecule has 1 amide bonds. The molecule has 12 heteroatoms. The number of sulfonamides is 1. The second kappa shape index (κ2) is 11.8.